The Morgan fingerprint density at radius 1 is 0.707 bits per heavy atom. The van der Waals surface area contributed by atoms with Crippen molar-refractivity contribution in [3.63, 3.8) is 0 Å². The maximum absolute atomic E-state index is 13.6. The average molecular weight is 803 g/mol. The van der Waals surface area contributed by atoms with Gasteiger partial charge >= 0.3 is 0 Å². The second kappa shape index (κ2) is 15.4. The number of piperazine rings is 1. The predicted octanol–water partition coefficient (Wildman–Crippen LogP) is 4.54. The molecule has 300 valence electrons. The van der Waals surface area contributed by atoms with Gasteiger partial charge in [-0.05, 0) is 105 Å². The van der Waals surface area contributed by atoms with Crippen molar-refractivity contribution in [1.29, 1.82) is 5.26 Å². The highest BCUT2D eigenvalue weighted by molar-refractivity contribution is 6.32. The van der Waals surface area contributed by atoms with Crippen molar-refractivity contribution < 1.29 is 24.0 Å². The summed E-state index contributed by atoms with van der Waals surface area (Å²) in [6.07, 6.45) is 5.49. The number of imide groups is 2. The minimum atomic E-state index is -0.978. The van der Waals surface area contributed by atoms with E-state index in [-0.39, 0.29) is 29.7 Å². The first-order valence-electron chi connectivity index (χ1n) is 20.5. The molecule has 5 saturated heterocycles. The number of rotatable bonds is 6. The predicted molar refractivity (Wildman–Crippen MR) is 219 cm³/mol. The minimum Gasteiger partial charge on any atom is -0.371 e. The van der Waals surface area contributed by atoms with E-state index in [0.717, 1.165) is 112 Å². The smallest absolute Gasteiger partial charge is 0.262 e. The molecule has 1 atom stereocenters. The molecule has 5 amide bonds. The largest absolute Gasteiger partial charge is 0.371 e. The summed E-state index contributed by atoms with van der Waals surface area (Å²) in [6.45, 7) is 8.59. The van der Waals surface area contributed by atoms with Gasteiger partial charge in [0.15, 0.2) is 0 Å². The van der Waals surface area contributed by atoms with Gasteiger partial charge in [-0.1, -0.05) is 11.6 Å². The van der Waals surface area contributed by atoms with Gasteiger partial charge < -0.3 is 19.6 Å². The number of hydrogen-bond acceptors (Lipinski definition) is 10. The average Bonchev–Trinajstić information content (AvgIpc) is 3.77. The molecule has 58 heavy (non-hydrogen) atoms. The van der Waals surface area contributed by atoms with E-state index >= 15 is 0 Å². The monoisotopic (exact) mass is 802 g/mol. The molecule has 14 heteroatoms. The third-order valence-electron chi connectivity index (χ3n) is 13.6. The maximum Gasteiger partial charge on any atom is 0.262 e. The lowest BCUT2D eigenvalue weighted by Crippen LogP contribution is -2.54. The lowest BCUT2D eigenvalue weighted by Gasteiger charge is -2.43. The molecule has 0 bridgehead atoms. The molecule has 6 aliphatic rings. The van der Waals surface area contributed by atoms with E-state index in [1.54, 1.807) is 12.1 Å². The Labute approximate surface area is 343 Å². The zero-order valence-corrected chi connectivity index (χ0v) is 33.3. The van der Waals surface area contributed by atoms with Crippen LogP contribution in [0.2, 0.25) is 5.02 Å². The van der Waals surface area contributed by atoms with Gasteiger partial charge in [-0.3, -0.25) is 39.1 Å². The first kappa shape index (κ1) is 38.1. The van der Waals surface area contributed by atoms with Crippen LogP contribution in [0, 0.1) is 16.7 Å². The van der Waals surface area contributed by atoms with Crippen molar-refractivity contribution in [2.75, 3.05) is 80.1 Å². The molecule has 5 fully saturated rings. The number of halogens is 1. The second-order valence-corrected chi connectivity index (χ2v) is 17.1. The van der Waals surface area contributed by atoms with Crippen LogP contribution in [0.25, 0.3) is 0 Å². The summed E-state index contributed by atoms with van der Waals surface area (Å²) >= 11 is 6.33. The van der Waals surface area contributed by atoms with E-state index in [2.05, 4.69) is 43.1 Å². The number of carbonyl (C=O) groups is 5. The molecule has 13 nitrogen and oxygen atoms in total. The highest BCUT2D eigenvalue weighted by Gasteiger charge is 2.45. The molecule has 0 aromatic heterocycles. The maximum atomic E-state index is 13.6. The molecule has 6 heterocycles. The number of piperidine rings is 3. The molecular weight excluding hydrogens is 756 g/mol. The Hall–Kier alpha value is -5.45. The lowest BCUT2D eigenvalue weighted by molar-refractivity contribution is -0.136. The SMILES string of the molecule is N#Cc1ccc(N2CCC3(CCN(c4ccc(C(=O)N5CCN(C6CCN(c7ccc8c(c7)C(=O)N(C7CCC(=O)NC7=O)C8=O)CC6)CC5)cc4)CC3)C2)cc1Cl. The Balaban J connectivity index is 0.731. The van der Waals surface area contributed by atoms with Gasteiger partial charge in [-0.2, -0.15) is 5.26 Å². The Morgan fingerprint density at radius 2 is 1.33 bits per heavy atom. The number of amides is 5. The first-order chi connectivity index (χ1) is 28.1. The molecule has 6 aliphatic heterocycles. The number of carbonyl (C=O) groups excluding carboxylic acids is 5. The van der Waals surface area contributed by atoms with E-state index in [9.17, 15) is 29.2 Å². The summed E-state index contributed by atoms with van der Waals surface area (Å²) in [5.74, 6) is -1.91. The molecular formula is C44H47ClN8O5. The quantitative estimate of drug-likeness (QED) is 0.354. The van der Waals surface area contributed by atoms with Crippen molar-refractivity contribution >= 4 is 58.2 Å². The van der Waals surface area contributed by atoms with Crippen LogP contribution in [0.4, 0.5) is 17.1 Å². The molecule has 3 aromatic rings. The van der Waals surface area contributed by atoms with Crippen LogP contribution in [-0.2, 0) is 9.59 Å². The number of nitriles is 1. The molecule has 1 spiro atoms. The molecule has 0 radical (unpaired) electrons. The summed E-state index contributed by atoms with van der Waals surface area (Å²) in [4.78, 5) is 76.7. The zero-order valence-electron chi connectivity index (χ0n) is 32.5. The van der Waals surface area contributed by atoms with E-state index < -0.39 is 29.7 Å². The molecule has 1 unspecified atom stereocenters. The fourth-order valence-corrected chi connectivity index (χ4v) is 10.2. The Kier molecular flexibility index (Phi) is 10.1. The van der Waals surface area contributed by atoms with Gasteiger partial charge in [-0.25, -0.2) is 0 Å². The van der Waals surface area contributed by atoms with Gasteiger partial charge in [0.1, 0.15) is 12.1 Å². The van der Waals surface area contributed by atoms with E-state index in [1.807, 2.05) is 41.3 Å². The molecule has 0 aliphatic carbocycles. The van der Waals surface area contributed by atoms with Crippen molar-refractivity contribution in [2.45, 2.75) is 57.0 Å². The van der Waals surface area contributed by atoms with E-state index in [0.29, 0.717) is 35.3 Å². The highest BCUT2D eigenvalue weighted by atomic mass is 35.5. The van der Waals surface area contributed by atoms with Gasteiger partial charge in [0, 0.05) is 101 Å². The fraction of sp³-hybridized carbons (Fsp3) is 0.455. The highest BCUT2D eigenvalue weighted by Crippen LogP contribution is 2.43. The lowest BCUT2D eigenvalue weighted by atomic mass is 9.77. The normalized spacial score (nSPS) is 22.8. The minimum absolute atomic E-state index is 0.0772. The number of nitrogens with zero attached hydrogens (tertiary/aromatic N) is 7. The van der Waals surface area contributed by atoms with E-state index in [1.165, 1.54) is 0 Å². The summed E-state index contributed by atoms with van der Waals surface area (Å²) in [5.41, 5.74) is 5.22. The number of anilines is 3. The topological polar surface area (TPSA) is 141 Å². The van der Waals surface area contributed by atoms with Crippen LogP contribution in [0.1, 0.15) is 81.6 Å². The Bertz CT molecular complexity index is 2200. The molecule has 3 aromatic carbocycles. The van der Waals surface area contributed by atoms with Crippen LogP contribution in [0.15, 0.2) is 60.7 Å². The first-order valence-corrected chi connectivity index (χ1v) is 20.9. The van der Waals surface area contributed by atoms with Gasteiger partial charge in [-0.15, -0.1) is 0 Å². The number of fused-ring (bicyclic) bond motifs is 1. The zero-order chi connectivity index (χ0) is 40.1. The molecule has 0 saturated carbocycles. The number of nitrogens with one attached hydrogen (secondary N) is 1. The van der Waals surface area contributed by atoms with Gasteiger partial charge in [0.05, 0.1) is 21.7 Å². The van der Waals surface area contributed by atoms with Gasteiger partial charge in [0.25, 0.3) is 17.7 Å². The van der Waals surface area contributed by atoms with Crippen LogP contribution >= 0.6 is 11.6 Å². The third-order valence-corrected chi connectivity index (χ3v) is 13.9. The van der Waals surface area contributed by atoms with Crippen LogP contribution in [0.3, 0.4) is 0 Å². The van der Waals surface area contributed by atoms with Crippen molar-refractivity contribution in [3.8, 4) is 6.07 Å². The second-order valence-electron chi connectivity index (χ2n) is 16.7. The van der Waals surface area contributed by atoms with Gasteiger partial charge in [0.2, 0.25) is 11.8 Å². The van der Waals surface area contributed by atoms with Crippen LogP contribution < -0.4 is 20.0 Å². The number of benzene rings is 3. The molecule has 1 N–H and O–H groups in total. The number of hydrogen-bond donors (Lipinski definition) is 1. The summed E-state index contributed by atoms with van der Waals surface area (Å²) in [7, 11) is 0. The van der Waals surface area contributed by atoms with Crippen molar-refractivity contribution in [3.05, 3.63) is 87.9 Å². The van der Waals surface area contributed by atoms with Crippen molar-refractivity contribution in [1.82, 2.24) is 20.0 Å². The summed E-state index contributed by atoms with van der Waals surface area (Å²) in [5, 5.41) is 12.0. The summed E-state index contributed by atoms with van der Waals surface area (Å²) < 4.78 is 0. The van der Waals surface area contributed by atoms with E-state index in [4.69, 9.17) is 11.6 Å². The van der Waals surface area contributed by atoms with Crippen molar-refractivity contribution in [2.24, 2.45) is 5.41 Å². The standard InChI is InChI=1S/C44H47ClN8O5/c45-37-26-34(6-3-30(37)27-46)52-20-15-44(28-52)13-18-49(19-14-44)31-4-1-29(2-5-31)41(56)51-23-21-50(22-24-51)32-11-16-48(17-12-32)33-7-8-35-36(25-33)43(58)53(42(35)57)38-9-10-39(54)47-40(38)55/h1-8,25-26,32,38H,9-24,28H2,(H,47,54,55). The summed E-state index contributed by atoms with van der Waals surface area (Å²) in [6, 6.07) is 20.8. The van der Waals surface area contributed by atoms with Crippen LogP contribution in [0.5, 0.6) is 0 Å². The molecule has 9 rings (SSSR count). The fourth-order valence-electron chi connectivity index (χ4n) is 10.0. The van der Waals surface area contributed by atoms with Crippen LogP contribution in [-0.4, -0.2) is 122 Å². The Morgan fingerprint density at radius 3 is 2.00 bits per heavy atom. The third kappa shape index (κ3) is 7.06.